The maximum Gasteiger partial charge on any atom is 0.264 e. The molecule has 3 rings (SSSR count). The maximum absolute atomic E-state index is 12.0. The number of anilines is 1. The molecule has 0 radical (unpaired) electrons. The van der Waals surface area contributed by atoms with Gasteiger partial charge in [0.1, 0.15) is 5.75 Å². The number of halogens is 1. The van der Waals surface area contributed by atoms with Crippen molar-refractivity contribution in [2.75, 3.05) is 25.0 Å². The lowest BCUT2D eigenvalue weighted by atomic mass is 10.1. The molecular formula is C17H20ClN3O2S. The summed E-state index contributed by atoms with van der Waals surface area (Å²) in [6, 6.07) is 7.08. The van der Waals surface area contributed by atoms with Gasteiger partial charge < -0.3 is 4.74 Å². The molecule has 1 fully saturated rings. The van der Waals surface area contributed by atoms with Crippen LogP contribution < -0.4 is 10.1 Å². The molecule has 128 valence electrons. The van der Waals surface area contributed by atoms with E-state index in [1.165, 1.54) is 30.6 Å². The fourth-order valence-corrected chi connectivity index (χ4v) is 3.55. The fraction of sp³-hybridized carbons (Fsp3) is 0.412. The van der Waals surface area contributed by atoms with E-state index in [0.717, 1.165) is 25.3 Å². The predicted octanol–water partition coefficient (Wildman–Crippen LogP) is 3.80. The van der Waals surface area contributed by atoms with Crippen molar-refractivity contribution >= 4 is 34.0 Å². The van der Waals surface area contributed by atoms with E-state index in [9.17, 15) is 4.79 Å². The Morgan fingerprint density at radius 3 is 2.88 bits per heavy atom. The van der Waals surface area contributed by atoms with Gasteiger partial charge in [-0.05, 0) is 38.1 Å². The molecule has 0 spiro atoms. The number of nitrogens with one attached hydrogen (secondary N) is 1. The molecule has 0 unspecified atom stereocenters. The number of aromatic nitrogens is 1. The zero-order chi connectivity index (χ0) is 16.8. The van der Waals surface area contributed by atoms with E-state index < -0.39 is 0 Å². The van der Waals surface area contributed by atoms with E-state index in [4.69, 9.17) is 16.3 Å². The Labute approximate surface area is 150 Å². The molecule has 2 heterocycles. The summed E-state index contributed by atoms with van der Waals surface area (Å²) in [6.07, 6.45) is 3.83. The number of thiazole rings is 1. The molecule has 1 aromatic carbocycles. The van der Waals surface area contributed by atoms with Crippen LogP contribution >= 0.6 is 22.9 Å². The minimum absolute atomic E-state index is 0.0925. The highest BCUT2D eigenvalue weighted by Crippen LogP contribution is 2.23. The minimum Gasteiger partial charge on any atom is -0.482 e. The van der Waals surface area contributed by atoms with Gasteiger partial charge in [0.25, 0.3) is 5.91 Å². The number of ether oxygens (including phenoxy) is 1. The maximum atomic E-state index is 12.0. The number of benzene rings is 1. The van der Waals surface area contributed by atoms with Crippen molar-refractivity contribution in [2.24, 2.45) is 0 Å². The number of rotatable bonds is 6. The van der Waals surface area contributed by atoms with Crippen LogP contribution in [-0.2, 0) is 11.3 Å². The minimum atomic E-state index is -0.242. The fourth-order valence-electron chi connectivity index (χ4n) is 2.64. The summed E-state index contributed by atoms with van der Waals surface area (Å²) < 4.78 is 5.42. The number of nitrogens with zero attached hydrogens (tertiary/aromatic N) is 2. The average Bonchev–Trinajstić information content (AvgIpc) is 3.02. The van der Waals surface area contributed by atoms with Crippen molar-refractivity contribution < 1.29 is 9.53 Å². The van der Waals surface area contributed by atoms with E-state index in [2.05, 4.69) is 15.2 Å². The molecule has 1 aromatic heterocycles. The predicted molar refractivity (Wildman–Crippen MR) is 96.8 cm³/mol. The van der Waals surface area contributed by atoms with E-state index in [-0.39, 0.29) is 12.5 Å². The molecule has 5 nitrogen and oxygen atoms in total. The molecular weight excluding hydrogens is 346 g/mol. The highest BCUT2D eigenvalue weighted by molar-refractivity contribution is 7.13. The normalized spacial score (nSPS) is 15.2. The number of hydrogen-bond donors (Lipinski definition) is 1. The molecule has 1 amide bonds. The Kier molecular flexibility index (Phi) is 6.07. The molecule has 0 saturated carbocycles. The zero-order valence-electron chi connectivity index (χ0n) is 13.3. The SMILES string of the molecule is O=C(COc1ccccc1Cl)Nc1nc(CN2CCCCC2)cs1. The van der Waals surface area contributed by atoms with Crippen LogP contribution in [0.1, 0.15) is 25.0 Å². The van der Waals surface area contributed by atoms with Gasteiger partial charge in [-0.15, -0.1) is 11.3 Å². The third-order valence-corrected chi connectivity index (χ3v) is 4.95. The molecule has 0 aliphatic carbocycles. The number of carbonyl (C=O) groups is 1. The standard InChI is InChI=1S/C17H20ClN3O2S/c18-14-6-2-3-7-15(14)23-11-16(22)20-17-19-13(12-24-17)10-21-8-4-1-5-9-21/h2-3,6-7,12H,1,4-5,8-11H2,(H,19,20,22). The van der Waals surface area contributed by atoms with Gasteiger partial charge in [-0.2, -0.15) is 0 Å². The number of hydrogen-bond acceptors (Lipinski definition) is 5. The van der Waals surface area contributed by atoms with Gasteiger partial charge in [0.2, 0.25) is 0 Å². The van der Waals surface area contributed by atoms with Gasteiger partial charge in [-0.3, -0.25) is 15.0 Å². The number of para-hydroxylation sites is 1. The summed E-state index contributed by atoms with van der Waals surface area (Å²) in [5.74, 6) is 0.257. The molecule has 1 saturated heterocycles. The van der Waals surface area contributed by atoms with E-state index >= 15 is 0 Å². The molecule has 0 atom stereocenters. The summed E-state index contributed by atoms with van der Waals surface area (Å²) in [4.78, 5) is 18.9. The van der Waals surface area contributed by atoms with Crippen LogP contribution in [0.2, 0.25) is 5.02 Å². The molecule has 7 heteroatoms. The van der Waals surface area contributed by atoms with Gasteiger partial charge in [0, 0.05) is 11.9 Å². The van der Waals surface area contributed by atoms with E-state index in [0.29, 0.717) is 15.9 Å². The van der Waals surface area contributed by atoms with Crippen molar-refractivity contribution in [2.45, 2.75) is 25.8 Å². The van der Waals surface area contributed by atoms with E-state index in [1.807, 2.05) is 17.5 Å². The highest BCUT2D eigenvalue weighted by atomic mass is 35.5. The summed E-state index contributed by atoms with van der Waals surface area (Å²) in [6.45, 7) is 3.02. The first-order valence-electron chi connectivity index (χ1n) is 8.04. The van der Waals surface area contributed by atoms with Crippen molar-refractivity contribution in [1.29, 1.82) is 0 Å². The van der Waals surface area contributed by atoms with Crippen molar-refractivity contribution in [3.8, 4) is 5.75 Å². The summed E-state index contributed by atoms with van der Waals surface area (Å²) in [5, 5.41) is 5.87. The number of likely N-dealkylation sites (tertiary alicyclic amines) is 1. The summed E-state index contributed by atoms with van der Waals surface area (Å²) >= 11 is 7.43. The molecule has 0 bridgehead atoms. The summed E-state index contributed by atoms with van der Waals surface area (Å²) in [5.41, 5.74) is 1.00. The van der Waals surface area contributed by atoms with Crippen molar-refractivity contribution in [3.05, 3.63) is 40.4 Å². The molecule has 1 aliphatic rings. The van der Waals surface area contributed by atoms with Gasteiger partial charge in [-0.1, -0.05) is 30.2 Å². The van der Waals surface area contributed by atoms with Crippen molar-refractivity contribution in [3.63, 3.8) is 0 Å². The largest absolute Gasteiger partial charge is 0.482 e. The van der Waals surface area contributed by atoms with Crippen molar-refractivity contribution in [1.82, 2.24) is 9.88 Å². The van der Waals surface area contributed by atoms with Crippen LogP contribution in [0.4, 0.5) is 5.13 Å². The molecule has 1 aliphatic heterocycles. The van der Waals surface area contributed by atoms with Crippen LogP contribution in [-0.4, -0.2) is 35.5 Å². The molecule has 1 N–H and O–H groups in total. The Hall–Kier alpha value is -1.63. The third kappa shape index (κ3) is 4.93. The quantitative estimate of drug-likeness (QED) is 0.845. The van der Waals surface area contributed by atoms with Gasteiger partial charge >= 0.3 is 0 Å². The highest BCUT2D eigenvalue weighted by Gasteiger charge is 2.13. The van der Waals surface area contributed by atoms with Gasteiger partial charge in [0.05, 0.1) is 10.7 Å². The lowest BCUT2D eigenvalue weighted by Gasteiger charge is -2.25. The first-order chi connectivity index (χ1) is 11.7. The second kappa shape index (κ2) is 8.46. The number of amides is 1. The Bertz CT molecular complexity index is 686. The van der Waals surface area contributed by atoms with Gasteiger partial charge in [-0.25, -0.2) is 4.98 Å². The number of carbonyl (C=O) groups excluding carboxylic acids is 1. The van der Waals surface area contributed by atoms with Gasteiger partial charge in [0.15, 0.2) is 11.7 Å². The Morgan fingerprint density at radius 1 is 1.29 bits per heavy atom. The first-order valence-corrected chi connectivity index (χ1v) is 9.30. The van der Waals surface area contributed by atoms with Crippen LogP contribution in [0.3, 0.4) is 0 Å². The lowest BCUT2D eigenvalue weighted by molar-refractivity contribution is -0.118. The van der Waals surface area contributed by atoms with Crippen LogP contribution in [0.5, 0.6) is 5.75 Å². The second-order valence-electron chi connectivity index (χ2n) is 5.75. The third-order valence-electron chi connectivity index (χ3n) is 3.83. The summed E-state index contributed by atoms with van der Waals surface area (Å²) in [7, 11) is 0. The zero-order valence-corrected chi connectivity index (χ0v) is 14.9. The number of piperidine rings is 1. The molecule has 2 aromatic rings. The Morgan fingerprint density at radius 2 is 2.08 bits per heavy atom. The van der Waals surface area contributed by atoms with Crippen LogP contribution in [0.15, 0.2) is 29.6 Å². The topological polar surface area (TPSA) is 54.5 Å². The lowest BCUT2D eigenvalue weighted by Crippen LogP contribution is -2.29. The van der Waals surface area contributed by atoms with Crippen LogP contribution in [0, 0.1) is 0 Å². The first kappa shape index (κ1) is 17.2. The van der Waals surface area contributed by atoms with E-state index in [1.54, 1.807) is 12.1 Å². The van der Waals surface area contributed by atoms with Crippen LogP contribution in [0.25, 0.3) is 0 Å². The average molecular weight is 366 g/mol. The second-order valence-corrected chi connectivity index (χ2v) is 7.01. The smallest absolute Gasteiger partial charge is 0.264 e. The Balaban J connectivity index is 1.47. The monoisotopic (exact) mass is 365 g/mol. The molecule has 24 heavy (non-hydrogen) atoms.